The second kappa shape index (κ2) is 12.1. The van der Waals surface area contributed by atoms with E-state index >= 15 is 0 Å². The summed E-state index contributed by atoms with van der Waals surface area (Å²) in [6.45, 7) is 4.63. The van der Waals surface area contributed by atoms with Gasteiger partial charge < -0.3 is 4.42 Å². The smallest absolute Gasteiger partial charge is 0.227 e. The Morgan fingerprint density at radius 3 is 1.65 bits per heavy atom. The highest BCUT2D eigenvalue weighted by atomic mass is 32.1. The number of fused-ring (bicyclic) bond motifs is 7. The van der Waals surface area contributed by atoms with Crippen molar-refractivity contribution in [3.05, 3.63) is 169 Å². The van der Waals surface area contributed by atoms with Gasteiger partial charge in [0.2, 0.25) is 5.89 Å². The van der Waals surface area contributed by atoms with Gasteiger partial charge in [0.1, 0.15) is 5.52 Å². The SMILES string of the molecule is CC1(C)c2cc(-c3cccc4c3sc3c(-c5nc(-c6ccccc6)nc(-c6ccccc6)n5)cccc34)ccc2-c2cc3nc(-c4ccccc4)oc3cc21. The van der Waals surface area contributed by atoms with E-state index in [1.165, 1.54) is 48.9 Å². The Morgan fingerprint density at radius 2 is 1.00 bits per heavy atom. The molecule has 0 amide bonds. The molecule has 6 heteroatoms. The van der Waals surface area contributed by atoms with Gasteiger partial charge in [0, 0.05) is 47.8 Å². The third-order valence-corrected chi connectivity index (χ3v) is 12.3. The molecule has 0 fully saturated rings. The highest BCUT2D eigenvalue weighted by molar-refractivity contribution is 7.26. The van der Waals surface area contributed by atoms with Gasteiger partial charge in [0.15, 0.2) is 23.1 Å². The monoisotopic (exact) mass is 724 g/mol. The molecule has 0 N–H and O–H groups in total. The van der Waals surface area contributed by atoms with Gasteiger partial charge in [0.25, 0.3) is 0 Å². The summed E-state index contributed by atoms with van der Waals surface area (Å²) in [6, 6.07) is 54.9. The number of rotatable bonds is 5. The number of benzene rings is 7. The fourth-order valence-electron chi connectivity index (χ4n) is 8.18. The summed E-state index contributed by atoms with van der Waals surface area (Å²) in [6.07, 6.45) is 0. The summed E-state index contributed by atoms with van der Waals surface area (Å²) in [5, 5.41) is 2.42. The van der Waals surface area contributed by atoms with E-state index in [2.05, 4.69) is 80.6 Å². The molecule has 260 valence electrons. The van der Waals surface area contributed by atoms with Crippen LogP contribution in [0.5, 0.6) is 0 Å². The lowest BCUT2D eigenvalue weighted by Gasteiger charge is -2.22. The van der Waals surface area contributed by atoms with E-state index in [9.17, 15) is 0 Å². The maximum Gasteiger partial charge on any atom is 0.227 e. The lowest BCUT2D eigenvalue weighted by atomic mass is 9.81. The average molecular weight is 725 g/mol. The van der Waals surface area contributed by atoms with Crippen LogP contribution in [0.1, 0.15) is 25.0 Å². The summed E-state index contributed by atoms with van der Waals surface area (Å²) in [5.74, 6) is 2.63. The zero-order chi connectivity index (χ0) is 36.7. The fraction of sp³-hybridized carbons (Fsp3) is 0.0612. The van der Waals surface area contributed by atoms with Gasteiger partial charge in [-0.3, -0.25) is 0 Å². The van der Waals surface area contributed by atoms with E-state index in [0.29, 0.717) is 23.4 Å². The predicted molar refractivity (Wildman–Crippen MR) is 225 cm³/mol. The molecule has 3 heterocycles. The Morgan fingerprint density at radius 1 is 0.436 bits per heavy atom. The maximum absolute atomic E-state index is 6.32. The van der Waals surface area contributed by atoms with E-state index in [-0.39, 0.29) is 5.41 Å². The first kappa shape index (κ1) is 31.7. The summed E-state index contributed by atoms with van der Waals surface area (Å²) in [7, 11) is 0. The summed E-state index contributed by atoms with van der Waals surface area (Å²) >= 11 is 1.81. The fourth-order valence-corrected chi connectivity index (χ4v) is 9.52. The van der Waals surface area contributed by atoms with Gasteiger partial charge in [-0.25, -0.2) is 19.9 Å². The maximum atomic E-state index is 6.32. The molecule has 5 nitrogen and oxygen atoms in total. The highest BCUT2D eigenvalue weighted by Gasteiger charge is 2.37. The number of hydrogen-bond acceptors (Lipinski definition) is 6. The van der Waals surface area contributed by atoms with Gasteiger partial charge in [-0.1, -0.05) is 135 Å². The van der Waals surface area contributed by atoms with E-state index in [0.717, 1.165) is 38.1 Å². The quantitative estimate of drug-likeness (QED) is 0.177. The zero-order valence-electron chi connectivity index (χ0n) is 30.1. The van der Waals surface area contributed by atoms with Crippen molar-refractivity contribution in [3.63, 3.8) is 0 Å². The van der Waals surface area contributed by atoms with Crippen molar-refractivity contribution in [2.75, 3.05) is 0 Å². The Balaban J connectivity index is 1.04. The van der Waals surface area contributed by atoms with Gasteiger partial charge in [-0.15, -0.1) is 11.3 Å². The molecule has 0 bridgehead atoms. The molecule has 7 aromatic carbocycles. The largest absolute Gasteiger partial charge is 0.436 e. The van der Waals surface area contributed by atoms with Crippen LogP contribution in [0.15, 0.2) is 162 Å². The normalized spacial score (nSPS) is 13.1. The van der Waals surface area contributed by atoms with E-state index in [4.69, 9.17) is 24.4 Å². The minimum atomic E-state index is -0.221. The molecule has 0 aliphatic heterocycles. The van der Waals surface area contributed by atoms with Crippen LogP contribution in [0.4, 0.5) is 0 Å². The van der Waals surface area contributed by atoms with Crippen molar-refractivity contribution in [1.29, 1.82) is 0 Å². The van der Waals surface area contributed by atoms with Crippen LogP contribution in [0.25, 0.3) is 99.1 Å². The van der Waals surface area contributed by atoms with Crippen LogP contribution < -0.4 is 0 Å². The van der Waals surface area contributed by atoms with Crippen LogP contribution >= 0.6 is 11.3 Å². The van der Waals surface area contributed by atoms with Crippen LogP contribution in [0, 0.1) is 0 Å². The third kappa shape index (κ3) is 5.06. The number of hydrogen-bond donors (Lipinski definition) is 0. The molecule has 0 radical (unpaired) electrons. The summed E-state index contributed by atoms with van der Waals surface area (Å²) in [4.78, 5) is 20.0. The lowest BCUT2D eigenvalue weighted by Crippen LogP contribution is -2.15. The summed E-state index contributed by atoms with van der Waals surface area (Å²) in [5.41, 5.74) is 12.8. The molecule has 11 rings (SSSR count). The molecule has 10 aromatic rings. The van der Waals surface area contributed by atoms with E-state index in [1.807, 2.05) is 102 Å². The first-order chi connectivity index (χ1) is 27.0. The van der Waals surface area contributed by atoms with Crippen molar-refractivity contribution in [3.8, 4) is 67.9 Å². The molecule has 0 unspecified atom stereocenters. The number of oxazole rings is 1. The molecule has 55 heavy (non-hydrogen) atoms. The Hall–Kier alpha value is -6.76. The van der Waals surface area contributed by atoms with E-state index < -0.39 is 0 Å². The van der Waals surface area contributed by atoms with Gasteiger partial charge in [-0.05, 0) is 69.8 Å². The first-order valence-corrected chi connectivity index (χ1v) is 19.3. The Labute approximate surface area is 321 Å². The van der Waals surface area contributed by atoms with Crippen molar-refractivity contribution in [2.45, 2.75) is 19.3 Å². The summed E-state index contributed by atoms with van der Waals surface area (Å²) < 4.78 is 8.72. The highest BCUT2D eigenvalue weighted by Crippen LogP contribution is 2.52. The van der Waals surface area contributed by atoms with Crippen LogP contribution in [0.3, 0.4) is 0 Å². The van der Waals surface area contributed by atoms with Crippen molar-refractivity contribution in [1.82, 2.24) is 19.9 Å². The average Bonchev–Trinajstić information content (AvgIpc) is 3.91. The van der Waals surface area contributed by atoms with Crippen molar-refractivity contribution >= 4 is 42.6 Å². The Bertz CT molecular complexity index is 3050. The molecule has 1 aliphatic rings. The molecule has 0 saturated heterocycles. The second-order valence-corrected chi connectivity index (χ2v) is 15.7. The van der Waals surface area contributed by atoms with Crippen molar-refractivity contribution < 1.29 is 4.42 Å². The number of nitrogens with zero attached hydrogens (tertiary/aromatic N) is 4. The van der Waals surface area contributed by atoms with E-state index in [1.54, 1.807) is 0 Å². The molecule has 3 aromatic heterocycles. The molecular weight excluding hydrogens is 693 g/mol. The number of aromatic nitrogens is 4. The molecular formula is C49H32N4OS. The molecule has 0 spiro atoms. The third-order valence-electron chi connectivity index (χ3n) is 11.0. The van der Waals surface area contributed by atoms with Crippen molar-refractivity contribution in [2.24, 2.45) is 0 Å². The van der Waals surface area contributed by atoms with Crippen LogP contribution in [-0.4, -0.2) is 19.9 Å². The molecule has 0 atom stereocenters. The van der Waals surface area contributed by atoms with Gasteiger partial charge in [0.05, 0.1) is 0 Å². The minimum Gasteiger partial charge on any atom is -0.436 e. The number of thiophene rings is 1. The minimum absolute atomic E-state index is 0.221. The van der Waals surface area contributed by atoms with Crippen LogP contribution in [0.2, 0.25) is 0 Å². The standard InChI is InChI=1S/C49H32N4OS/c1-49(2)39-26-32(24-25-34(39)38-27-41-42(28-40(38)49)54-48(50-41)31-18-10-5-11-19-31)33-20-12-21-35-36-22-13-23-37(44(36)55-43(33)35)47-52-45(29-14-6-3-7-15-29)51-46(53-47)30-16-8-4-9-17-30/h3-28H,1-2H3. The first-order valence-electron chi connectivity index (χ1n) is 18.5. The molecule has 0 saturated carbocycles. The predicted octanol–water partition coefficient (Wildman–Crippen LogP) is 13.0. The zero-order valence-corrected chi connectivity index (χ0v) is 30.9. The Kier molecular flexibility index (Phi) is 7.00. The van der Waals surface area contributed by atoms with Gasteiger partial charge >= 0.3 is 0 Å². The van der Waals surface area contributed by atoms with Crippen LogP contribution in [-0.2, 0) is 5.41 Å². The lowest BCUT2D eigenvalue weighted by molar-refractivity contribution is 0.614. The topological polar surface area (TPSA) is 64.7 Å². The second-order valence-electron chi connectivity index (χ2n) is 14.6. The molecule has 1 aliphatic carbocycles. The van der Waals surface area contributed by atoms with Gasteiger partial charge in [-0.2, -0.15) is 0 Å².